The molecule has 0 spiro atoms. The molecule has 0 aliphatic carbocycles. The van der Waals surface area contributed by atoms with Gasteiger partial charge >= 0.3 is 0 Å². The van der Waals surface area contributed by atoms with Crippen LogP contribution in [0.2, 0.25) is 5.02 Å². The van der Waals surface area contributed by atoms with E-state index in [4.69, 9.17) is 11.6 Å². The molecule has 1 atom stereocenters. The largest absolute Gasteiger partial charge is 0.336 e. The van der Waals surface area contributed by atoms with E-state index in [-0.39, 0.29) is 17.5 Å². The number of amides is 1. The number of aryl methyl sites for hydroxylation is 1. The Hall–Kier alpha value is -2.11. The number of carbonyl (C=O) groups excluding carboxylic acids is 1. The quantitative estimate of drug-likeness (QED) is 0.916. The predicted octanol–water partition coefficient (Wildman–Crippen LogP) is 2.86. The molecular weight excluding hydrogens is 338 g/mol. The molecule has 2 aromatic rings. The lowest BCUT2D eigenvalue weighted by molar-refractivity contribution is 0.0582. The van der Waals surface area contributed by atoms with Crippen LogP contribution in [0.5, 0.6) is 0 Å². The van der Waals surface area contributed by atoms with E-state index in [1.54, 1.807) is 13.0 Å². The topological polar surface area (TPSA) is 56.4 Å². The molecule has 1 N–H and O–H groups in total. The Morgan fingerprint density at radius 3 is 2.36 bits per heavy atom. The second-order valence-electron chi connectivity index (χ2n) is 6.47. The van der Waals surface area contributed by atoms with Crippen molar-refractivity contribution in [2.45, 2.75) is 19.9 Å². The Bertz CT molecular complexity index is 808. The minimum absolute atomic E-state index is 0.0759. The number of aromatic amines is 1. The molecule has 1 fully saturated rings. The van der Waals surface area contributed by atoms with Gasteiger partial charge in [-0.15, -0.1) is 0 Å². The van der Waals surface area contributed by atoms with Crippen molar-refractivity contribution < 1.29 is 4.79 Å². The Kier molecular flexibility index (Phi) is 5.25. The van der Waals surface area contributed by atoms with Crippen LogP contribution in [-0.4, -0.2) is 46.9 Å². The maximum atomic E-state index is 12.6. The van der Waals surface area contributed by atoms with Gasteiger partial charge in [0.2, 0.25) is 5.56 Å². The molecule has 5 nitrogen and oxygen atoms in total. The van der Waals surface area contributed by atoms with Crippen LogP contribution in [0.1, 0.15) is 34.6 Å². The Labute approximate surface area is 152 Å². The number of nitrogens with one attached hydrogen (secondary N) is 1. The molecule has 25 heavy (non-hydrogen) atoms. The van der Waals surface area contributed by atoms with Gasteiger partial charge in [0.05, 0.1) is 0 Å². The van der Waals surface area contributed by atoms with Crippen LogP contribution in [0.25, 0.3) is 0 Å². The van der Waals surface area contributed by atoms with Gasteiger partial charge in [0.1, 0.15) is 0 Å². The van der Waals surface area contributed by atoms with E-state index in [1.807, 2.05) is 29.2 Å². The molecular formula is C19H22ClN3O2. The van der Waals surface area contributed by atoms with Crippen molar-refractivity contribution in [2.75, 3.05) is 26.2 Å². The van der Waals surface area contributed by atoms with Crippen LogP contribution in [0.15, 0.2) is 41.2 Å². The van der Waals surface area contributed by atoms with Crippen molar-refractivity contribution in [3.63, 3.8) is 0 Å². The third-order valence-electron chi connectivity index (χ3n) is 4.73. The van der Waals surface area contributed by atoms with Gasteiger partial charge in [-0.1, -0.05) is 23.7 Å². The van der Waals surface area contributed by atoms with E-state index >= 15 is 0 Å². The van der Waals surface area contributed by atoms with Crippen LogP contribution in [-0.2, 0) is 0 Å². The molecule has 0 radical (unpaired) electrons. The molecule has 1 aromatic heterocycles. The van der Waals surface area contributed by atoms with Gasteiger partial charge in [-0.3, -0.25) is 14.5 Å². The highest BCUT2D eigenvalue weighted by atomic mass is 35.5. The first-order valence-corrected chi connectivity index (χ1v) is 8.81. The third kappa shape index (κ3) is 4.11. The fourth-order valence-electron chi connectivity index (χ4n) is 3.25. The van der Waals surface area contributed by atoms with Gasteiger partial charge in [-0.05, 0) is 37.6 Å². The molecule has 1 aromatic carbocycles. The summed E-state index contributed by atoms with van der Waals surface area (Å²) in [5.74, 6) is -0.0759. The van der Waals surface area contributed by atoms with Crippen molar-refractivity contribution in [1.82, 2.24) is 14.8 Å². The fourth-order valence-corrected chi connectivity index (χ4v) is 3.38. The number of piperazine rings is 1. The number of pyridine rings is 1. The number of halogens is 1. The Balaban J connectivity index is 1.64. The number of nitrogens with zero attached hydrogens (tertiary/aromatic N) is 2. The average molecular weight is 360 g/mol. The smallest absolute Gasteiger partial charge is 0.254 e. The molecule has 1 aliphatic rings. The van der Waals surface area contributed by atoms with E-state index in [0.29, 0.717) is 24.3 Å². The highest BCUT2D eigenvalue weighted by Gasteiger charge is 2.25. The first-order chi connectivity index (χ1) is 11.9. The number of carbonyl (C=O) groups is 1. The summed E-state index contributed by atoms with van der Waals surface area (Å²) in [6.45, 7) is 6.87. The van der Waals surface area contributed by atoms with Gasteiger partial charge in [-0.2, -0.15) is 0 Å². The van der Waals surface area contributed by atoms with E-state index in [9.17, 15) is 9.59 Å². The summed E-state index contributed by atoms with van der Waals surface area (Å²) < 4.78 is 0. The van der Waals surface area contributed by atoms with Crippen LogP contribution >= 0.6 is 11.6 Å². The van der Waals surface area contributed by atoms with Crippen molar-refractivity contribution in [1.29, 1.82) is 0 Å². The first-order valence-electron chi connectivity index (χ1n) is 8.44. The molecule has 3 rings (SSSR count). The molecule has 1 aliphatic heterocycles. The summed E-state index contributed by atoms with van der Waals surface area (Å²) >= 11 is 5.95. The normalized spacial score (nSPS) is 16.7. The minimum atomic E-state index is -0.238. The highest BCUT2D eigenvalue weighted by Crippen LogP contribution is 2.23. The van der Waals surface area contributed by atoms with E-state index < -0.39 is 0 Å². The van der Waals surface area contributed by atoms with Crippen LogP contribution < -0.4 is 5.56 Å². The molecule has 0 saturated carbocycles. The number of aromatic nitrogens is 1. The zero-order valence-corrected chi connectivity index (χ0v) is 15.2. The van der Waals surface area contributed by atoms with Gasteiger partial charge in [0, 0.05) is 54.6 Å². The van der Waals surface area contributed by atoms with Gasteiger partial charge in [-0.25, -0.2) is 0 Å². The summed E-state index contributed by atoms with van der Waals surface area (Å²) in [6, 6.07) is 11.3. The lowest BCUT2D eigenvalue weighted by atomic mass is 10.1. The SMILES string of the molecule is Cc1cc(C(=O)N2CCN(C(C)c3ccc(Cl)cc3)CC2)cc(=O)[nH]1. The second kappa shape index (κ2) is 7.42. The summed E-state index contributed by atoms with van der Waals surface area (Å²) in [7, 11) is 0. The number of rotatable bonds is 3. The maximum Gasteiger partial charge on any atom is 0.254 e. The van der Waals surface area contributed by atoms with E-state index in [2.05, 4.69) is 16.8 Å². The molecule has 132 valence electrons. The lowest BCUT2D eigenvalue weighted by Crippen LogP contribution is -2.49. The first kappa shape index (κ1) is 17.7. The van der Waals surface area contributed by atoms with E-state index in [0.717, 1.165) is 18.1 Å². The maximum absolute atomic E-state index is 12.6. The monoisotopic (exact) mass is 359 g/mol. The standard InChI is InChI=1S/C19H22ClN3O2/c1-13-11-16(12-18(24)21-13)19(25)23-9-7-22(8-10-23)14(2)15-3-5-17(20)6-4-15/h3-6,11-12,14H,7-10H2,1-2H3,(H,21,24). The van der Waals surface area contributed by atoms with Gasteiger partial charge in [0.25, 0.3) is 5.91 Å². The predicted molar refractivity (Wildman–Crippen MR) is 99.1 cm³/mol. The summed E-state index contributed by atoms with van der Waals surface area (Å²) in [5.41, 5.74) is 2.14. The van der Waals surface area contributed by atoms with Crippen LogP contribution in [0.4, 0.5) is 0 Å². The molecule has 0 bridgehead atoms. The summed E-state index contributed by atoms with van der Waals surface area (Å²) in [5, 5.41) is 0.736. The van der Waals surface area contributed by atoms with Gasteiger partial charge in [0.15, 0.2) is 0 Å². The average Bonchev–Trinajstić information content (AvgIpc) is 2.60. The molecule has 2 heterocycles. The van der Waals surface area contributed by atoms with Crippen LogP contribution in [0, 0.1) is 6.92 Å². The number of H-pyrrole nitrogens is 1. The van der Waals surface area contributed by atoms with Crippen LogP contribution in [0.3, 0.4) is 0 Å². The lowest BCUT2D eigenvalue weighted by Gasteiger charge is -2.38. The van der Waals surface area contributed by atoms with E-state index in [1.165, 1.54) is 11.6 Å². The zero-order valence-electron chi connectivity index (χ0n) is 14.5. The zero-order chi connectivity index (χ0) is 18.0. The van der Waals surface area contributed by atoms with Crippen molar-refractivity contribution in [2.24, 2.45) is 0 Å². The molecule has 1 saturated heterocycles. The molecule has 1 amide bonds. The summed E-state index contributed by atoms with van der Waals surface area (Å²) in [6.07, 6.45) is 0. The number of hydrogen-bond donors (Lipinski definition) is 1. The second-order valence-corrected chi connectivity index (χ2v) is 6.91. The number of benzene rings is 1. The van der Waals surface area contributed by atoms with Crippen molar-refractivity contribution in [3.8, 4) is 0 Å². The molecule has 6 heteroatoms. The molecule has 1 unspecified atom stereocenters. The number of hydrogen-bond acceptors (Lipinski definition) is 3. The Morgan fingerprint density at radius 1 is 1.12 bits per heavy atom. The van der Waals surface area contributed by atoms with Crippen molar-refractivity contribution in [3.05, 3.63) is 68.6 Å². The fraction of sp³-hybridized carbons (Fsp3) is 0.368. The van der Waals surface area contributed by atoms with Crippen molar-refractivity contribution >= 4 is 17.5 Å². The minimum Gasteiger partial charge on any atom is -0.336 e. The van der Waals surface area contributed by atoms with Gasteiger partial charge < -0.3 is 9.88 Å². The Morgan fingerprint density at radius 2 is 1.76 bits per heavy atom. The highest BCUT2D eigenvalue weighted by molar-refractivity contribution is 6.30. The third-order valence-corrected chi connectivity index (χ3v) is 4.98. The summed E-state index contributed by atoms with van der Waals surface area (Å²) in [4.78, 5) is 31.0.